The molecular formula is C16H16N4O. The summed E-state index contributed by atoms with van der Waals surface area (Å²) in [5.41, 5.74) is 2.47. The van der Waals surface area contributed by atoms with Crippen LogP contribution < -0.4 is 10.6 Å². The van der Waals surface area contributed by atoms with E-state index in [0.717, 1.165) is 13.0 Å². The Labute approximate surface area is 123 Å². The number of carbonyl (C=O) groups is 1. The van der Waals surface area contributed by atoms with Crippen LogP contribution >= 0.6 is 0 Å². The number of rotatable bonds is 5. The molecule has 0 aliphatic carbocycles. The fourth-order valence-corrected chi connectivity index (χ4v) is 1.82. The molecule has 0 aliphatic heterocycles. The second kappa shape index (κ2) is 7.06. The van der Waals surface area contributed by atoms with E-state index in [1.54, 1.807) is 42.7 Å². The van der Waals surface area contributed by atoms with E-state index >= 15 is 0 Å². The summed E-state index contributed by atoms with van der Waals surface area (Å²) >= 11 is 0. The Morgan fingerprint density at radius 2 is 2.05 bits per heavy atom. The van der Waals surface area contributed by atoms with Gasteiger partial charge in [0.1, 0.15) is 0 Å². The third-order valence-corrected chi connectivity index (χ3v) is 2.90. The Balaban J connectivity index is 2.14. The zero-order valence-electron chi connectivity index (χ0n) is 11.8. The van der Waals surface area contributed by atoms with E-state index in [1.807, 2.05) is 6.07 Å². The molecule has 0 fully saturated rings. The number of benzene rings is 1. The van der Waals surface area contributed by atoms with Crippen molar-refractivity contribution >= 4 is 17.3 Å². The largest absolute Gasteiger partial charge is 0.383 e. The van der Waals surface area contributed by atoms with Gasteiger partial charge in [-0.3, -0.25) is 9.78 Å². The number of carbonyl (C=O) groups excluding carboxylic acids is 1. The fourth-order valence-electron chi connectivity index (χ4n) is 1.82. The molecule has 2 aromatic rings. The summed E-state index contributed by atoms with van der Waals surface area (Å²) in [5.74, 6) is -0.208. The molecule has 0 spiro atoms. The van der Waals surface area contributed by atoms with E-state index < -0.39 is 0 Å². The van der Waals surface area contributed by atoms with Crippen molar-refractivity contribution in [2.45, 2.75) is 13.3 Å². The van der Waals surface area contributed by atoms with E-state index in [0.29, 0.717) is 22.5 Å². The molecule has 2 rings (SSSR count). The lowest BCUT2D eigenvalue weighted by Crippen LogP contribution is -2.15. The first-order valence-corrected chi connectivity index (χ1v) is 6.74. The molecular weight excluding hydrogens is 264 g/mol. The van der Waals surface area contributed by atoms with Gasteiger partial charge in [-0.15, -0.1) is 0 Å². The Kier molecular flexibility index (Phi) is 4.89. The minimum Gasteiger partial charge on any atom is -0.383 e. The third-order valence-electron chi connectivity index (χ3n) is 2.90. The Hall–Kier alpha value is -2.87. The highest BCUT2D eigenvalue weighted by molar-refractivity contribution is 6.07. The number of nitrogens with zero attached hydrogens (tertiary/aromatic N) is 2. The summed E-state index contributed by atoms with van der Waals surface area (Å²) in [6.45, 7) is 2.84. The van der Waals surface area contributed by atoms with Crippen LogP contribution in [0.1, 0.15) is 29.3 Å². The number of aromatic nitrogens is 1. The van der Waals surface area contributed by atoms with Crippen LogP contribution in [0, 0.1) is 11.3 Å². The van der Waals surface area contributed by atoms with Crippen LogP contribution in [-0.2, 0) is 0 Å². The summed E-state index contributed by atoms with van der Waals surface area (Å²) in [4.78, 5) is 16.3. The molecule has 1 aromatic carbocycles. The number of anilines is 2. The van der Waals surface area contributed by atoms with Crippen molar-refractivity contribution in [2.75, 3.05) is 17.2 Å². The molecule has 0 bridgehead atoms. The molecule has 0 saturated heterocycles. The van der Waals surface area contributed by atoms with Gasteiger partial charge in [0.15, 0.2) is 0 Å². The van der Waals surface area contributed by atoms with Crippen molar-refractivity contribution in [3.8, 4) is 6.07 Å². The summed E-state index contributed by atoms with van der Waals surface area (Å²) < 4.78 is 0. The second-order valence-corrected chi connectivity index (χ2v) is 4.49. The molecule has 1 aromatic heterocycles. The minimum atomic E-state index is -0.208. The lowest BCUT2D eigenvalue weighted by Gasteiger charge is -2.11. The van der Waals surface area contributed by atoms with Crippen LogP contribution in [0.5, 0.6) is 0 Å². The molecule has 5 nitrogen and oxygen atoms in total. The highest BCUT2D eigenvalue weighted by Crippen LogP contribution is 2.16. The topological polar surface area (TPSA) is 77.8 Å². The van der Waals surface area contributed by atoms with Crippen molar-refractivity contribution < 1.29 is 4.79 Å². The van der Waals surface area contributed by atoms with Gasteiger partial charge in [0.2, 0.25) is 0 Å². The zero-order valence-corrected chi connectivity index (χ0v) is 11.8. The van der Waals surface area contributed by atoms with Gasteiger partial charge in [-0.1, -0.05) is 6.92 Å². The van der Waals surface area contributed by atoms with Crippen molar-refractivity contribution in [3.05, 3.63) is 53.9 Å². The van der Waals surface area contributed by atoms with Gasteiger partial charge in [-0.2, -0.15) is 5.26 Å². The lowest BCUT2D eigenvalue weighted by molar-refractivity contribution is 0.102. The molecule has 0 aliphatic rings. The molecule has 0 atom stereocenters. The Morgan fingerprint density at radius 3 is 2.71 bits per heavy atom. The number of amides is 1. The SMILES string of the molecule is CCCNc1cnccc1C(=O)Nc1ccc(C#N)cc1. The molecule has 1 heterocycles. The first-order chi connectivity index (χ1) is 10.2. The van der Waals surface area contributed by atoms with E-state index in [2.05, 4.69) is 22.5 Å². The highest BCUT2D eigenvalue weighted by atomic mass is 16.1. The van der Waals surface area contributed by atoms with Crippen LogP contribution in [0.4, 0.5) is 11.4 Å². The third kappa shape index (κ3) is 3.80. The molecule has 0 unspecified atom stereocenters. The number of pyridine rings is 1. The fraction of sp³-hybridized carbons (Fsp3) is 0.188. The number of hydrogen-bond acceptors (Lipinski definition) is 4. The average molecular weight is 280 g/mol. The number of hydrogen-bond donors (Lipinski definition) is 2. The maximum absolute atomic E-state index is 12.3. The quantitative estimate of drug-likeness (QED) is 0.882. The van der Waals surface area contributed by atoms with Crippen LogP contribution in [0.3, 0.4) is 0 Å². The van der Waals surface area contributed by atoms with Crippen molar-refractivity contribution in [1.29, 1.82) is 5.26 Å². The van der Waals surface area contributed by atoms with Gasteiger partial charge in [0.25, 0.3) is 5.91 Å². The molecule has 0 saturated carbocycles. The van der Waals surface area contributed by atoms with E-state index in [1.165, 1.54) is 0 Å². The van der Waals surface area contributed by atoms with Gasteiger partial charge in [0, 0.05) is 18.4 Å². The van der Waals surface area contributed by atoms with Gasteiger partial charge in [-0.05, 0) is 36.8 Å². The van der Waals surface area contributed by atoms with Crippen LogP contribution in [0.2, 0.25) is 0 Å². The minimum absolute atomic E-state index is 0.208. The van der Waals surface area contributed by atoms with E-state index in [-0.39, 0.29) is 5.91 Å². The highest BCUT2D eigenvalue weighted by Gasteiger charge is 2.11. The normalized spacial score (nSPS) is 9.71. The number of nitrogens with one attached hydrogen (secondary N) is 2. The van der Waals surface area contributed by atoms with Gasteiger partial charge < -0.3 is 10.6 Å². The second-order valence-electron chi connectivity index (χ2n) is 4.49. The smallest absolute Gasteiger partial charge is 0.257 e. The predicted octanol–water partition coefficient (Wildman–Crippen LogP) is 3.03. The van der Waals surface area contributed by atoms with Crippen molar-refractivity contribution in [2.24, 2.45) is 0 Å². The van der Waals surface area contributed by atoms with Crippen molar-refractivity contribution in [1.82, 2.24) is 4.98 Å². The van der Waals surface area contributed by atoms with Crippen LogP contribution in [0.25, 0.3) is 0 Å². The summed E-state index contributed by atoms with van der Waals surface area (Å²) in [7, 11) is 0. The Morgan fingerprint density at radius 1 is 1.29 bits per heavy atom. The molecule has 21 heavy (non-hydrogen) atoms. The van der Waals surface area contributed by atoms with E-state index in [4.69, 9.17) is 5.26 Å². The first kappa shape index (κ1) is 14.5. The summed E-state index contributed by atoms with van der Waals surface area (Å²) in [5, 5.41) is 14.7. The lowest BCUT2D eigenvalue weighted by atomic mass is 10.2. The van der Waals surface area contributed by atoms with Gasteiger partial charge in [-0.25, -0.2) is 0 Å². The predicted molar refractivity (Wildman–Crippen MR) is 82.1 cm³/mol. The Bertz CT molecular complexity index is 659. The first-order valence-electron chi connectivity index (χ1n) is 6.74. The van der Waals surface area contributed by atoms with Gasteiger partial charge >= 0.3 is 0 Å². The molecule has 1 amide bonds. The molecule has 106 valence electrons. The molecule has 2 N–H and O–H groups in total. The van der Waals surface area contributed by atoms with Crippen LogP contribution in [0.15, 0.2) is 42.7 Å². The van der Waals surface area contributed by atoms with E-state index in [9.17, 15) is 4.79 Å². The summed E-state index contributed by atoms with van der Waals surface area (Å²) in [6, 6.07) is 10.5. The maximum atomic E-state index is 12.3. The molecule has 0 radical (unpaired) electrons. The van der Waals surface area contributed by atoms with Crippen LogP contribution in [-0.4, -0.2) is 17.4 Å². The summed E-state index contributed by atoms with van der Waals surface area (Å²) in [6.07, 6.45) is 4.19. The average Bonchev–Trinajstić information content (AvgIpc) is 2.54. The van der Waals surface area contributed by atoms with Crippen molar-refractivity contribution in [3.63, 3.8) is 0 Å². The zero-order chi connectivity index (χ0) is 15.1. The number of nitriles is 1. The van der Waals surface area contributed by atoms with Gasteiger partial charge in [0.05, 0.1) is 29.1 Å². The standard InChI is InChI=1S/C16H16N4O/c1-2-8-19-15-11-18-9-7-14(15)16(21)20-13-5-3-12(10-17)4-6-13/h3-7,9,11,19H,2,8H2,1H3,(H,20,21). The molecule has 5 heteroatoms. The maximum Gasteiger partial charge on any atom is 0.257 e. The monoisotopic (exact) mass is 280 g/mol.